The van der Waals surface area contributed by atoms with Crippen molar-refractivity contribution in [3.8, 4) is 5.75 Å². The van der Waals surface area contributed by atoms with Gasteiger partial charge in [0.15, 0.2) is 0 Å². The van der Waals surface area contributed by atoms with Crippen LogP contribution >= 0.6 is 0 Å². The first-order chi connectivity index (χ1) is 20.5. The van der Waals surface area contributed by atoms with Crippen molar-refractivity contribution in [1.29, 1.82) is 0 Å². The van der Waals surface area contributed by atoms with Crippen LogP contribution in [0.25, 0.3) is 10.9 Å². The molecule has 0 unspecified atom stereocenters. The van der Waals surface area contributed by atoms with Crippen LogP contribution in [-0.4, -0.2) is 81.5 Å². The monoisotopic (exact) mass is 573 g/mol. The molecule has 0 atom stereocenters. The van der Waals surface area contributed by atoms with Gasteiger partial charge in [0.25, 0.3) is 0 Å². The van der Waals surface area contributed by atoms with Crippen LogP contribution in [0.15, 0.2) is 42.5 Å². The second kappa shape index (κ2) is 14.0. The second-order valence-electron chi connectivity index (χ2n) is 12.2. The van der Waals surface area contributed by atoms with E-state index in [1.165, 1.54) is 42.3 Å². The zero-order chi connectivity index (χ0) is 29.5. The Labute approximate surface area is 253 Å². The summed E-state index contributed by atoms with van der Waals surface area (Å²) in [6.45, 7) is 14.1. The minimum atomic E-state index is 0.0757. The number of methoxy groups -OCH3 is 1. The zero-order valence-corrected chi connectivity index (χ0v) is 26.6. The van der Waals surface area contributed by atoms with Gasteiger partial charge in [0.05, 0.1) is 25.8 Å². The van der Waals surface area contributed by atoms with Crippen molar-refractivity contribution < 1.29 is 9.47 Å². The molecule has 2 aromatic carbocycles. The Morgan fingerprint density at radius 3 is 2.40 bits per heavy atom. The molecule has 3 fully saturated rings. The highest BCUT2D eigenvalue weighted by Crippen LogP contribution is 2.42. The summed E-state index contributed by atoms with van der Waals surface area (Å²) in [6.07, 6.45) is 7.08. The maximum Gasteiger partial charge on any atom is 0.140 e. The van der Waals surface area contributed by atoms with Crippen molar-refractivity contribution in [3.05, 3.63) is 53.9 Å². The molecule has 0 bridgehead atoms. The van der Waals surface area contributed by atoms with Gasteiger partial charge >= 0.3 is 0 Å². The Hall–Kier alpha value is -2.90. The van der Waals surface area contributed by atoms with Gasteiger partial charge in [-0.1, -0.05) is 51.8 Å². The van der Waals surface area contributed by atoms with Crippen molar-refractivity contribution in [2.75, 3.05) is 76.4 Å². The molecule has 1 aromatic heterocycles. The topological polar surface area (TPSA) is 54.0 Å². The van der Waals surface area contributed by atoms with E-state index in [1.807, 2.05) is 13.8 Å². The molecule has 1 saturated carbocycles. The smallest absolute Gasteiger partial charge is 0.140 e. The molecule has 6 rings (SSSR count). The van der Waals surface area contributed by atoms with Gasteiger partial charge in [-0.3, -0.25) is 4.90 Å². The Bertz CT molecular complexity index is 1290. The van der Waals surface area contributed by atoms with Crippen molar-refractivity contribution in [2.24, 2.45) is 0 Å². The van der Waals surface area contributed by atoms with Gasteiger partial charge in [-0.2, -0.15) is 0 Å². The van der Waals surface area contributed by atoms with Gasteiger partial charge in [-0.15, -0.1) is 0 Å². The van der Waals surface area contributed by atoms with Gasteiger partial charge in [0.1, 0.15) is 17.4 Å². The quantitative estimate of drug-likeness (QED) is 0.299. The molecule has 3 aliphatic rings. The molecule has 0 amide bonds. The minimum absolute atomic E-state index is 0.0757. The number of morpholine rings is 1. The molecule has 7 heteroatoms. The summed E-state index contributed by atoms with van der Waals surface area (Å²) < 4.78 is 11.2. The first-order valence-corrected chi connectivity index (χ1v) is 16.3. The van der Waals surface area contributed by atoms with Crippen LogP contribution in [-0.2, 0) is 10.2 Å². The van der Waals surface area contributed by atoms with E-state index in [4.69, 9.17) is 19.4 Å². The van der Waals surface area contributed by atoms with Crippen LogP contribution in [0.4, 0.5) is 11.5 Å². The Morgan fingerprint density at radius 1 is 0.976 bits per heavy atom. The average Bonchev–Trinajstić information content (AvgIpc) is 3.52. The zero-order valence-electron chi connectivity index (χ0n) is 26.6. The number of aromatic nitrogens is 2. The maximum atomic E-state index is 5.70. The third kappa shape index (κ3) is 6.68. The molecule has 0 spiro atoms. The fraction of sp³-hybridized carbons (Fsp3) is 0.600. The summed E-state index contributed by atoms with van der Waals surface area (Å²) in [5, 5.41) is 1.18. The fourth-order valence-corrected chi connectivity index (χ4v) is 6.88. The number of fused-ring (bicyclic) bond motifs is 1. The van der Waals surface area contributed by atoms with Crippen LogP contribution < -0.4 is 14.5 Å². The lowest BCUT2D eigenvalue weighted by Crippen LogP contribution is -2.40. The number of anilines is 2. The molecule has 1 aliphatic carbocycles. The summed E-state index contributed by atoms with van der Waals surface area (Å²) in [5.74, 6) is 3.67. The Kier molecular flexibility index (Phi) is 10.2. The average molecular weight is 574 g/mol. The van der Waals surface area contributed by atoms with E-state index in [9.17, 15) is 0 Å². The molecular weight excluding hydrogens is 522 g/mol. The van der Waals surface area contributed by atoms with Crippen LogP contribution in [0.3, 0.4) is 0 Å². The number of hydrogen-bond donors (Lipinski definition) is 0. The normalized spacial score (nSPS) is 19.4. The molecule has 0 N–H and O–H groups in total. The van der Waals surface area contributed by atoms with Gasteiger partial charge in [-0.05, 0) is 61.4 Å². The van der Waals surface area contributed by atoms with Gasteiger partial charge in [0.2, 0.25) is 0 Å². The highest BCUT2D eigenvalue weighted by molar-refractivity contribution is 5.92. The van der Waals surface area contributed by atoms with Crippen molar-refractivity contribution in [1.82, 2.24) is 14.9 Å². The molecule has 228 valence electrons. The van der Waals surface area contributed by atoms with E-state index in [0.29, 0.717) is 5.92 Å². The van der Waals surface area contributed by atoms with Crippen molar-refractivity contribution in [3.63, 3.8) is 0 Å². The molecule has 2 saturated heterocycles. The molecule has 7 nitrogen and oxygen atoms in total. The number of hydrogen-bond acceptors (Lipinski definition) is 7. The lowest BCUT2D eigenvalue weighted by molar-refractivity contribution is 0.0393. The summed E-state index contributed by atoms with van der Waals surface area (Å²) in [6, 6.07) is 15.3. The SMILES string of the molecule is CC.COc1ccccc1C1CCN(c2nc(C3(C)CCCC3)nc3ccc(N(C)CCN4CCOCC4)cc23)CC1. The first-order valence-electron chi connectivity index (χ1n) is 16.3. The maximum absolute atomic E-state index is 5.70. The van der Waals surface area contributed by atoms with E-state index >= 15 is 0 Å². The summed E-state index contributed by atoms with van der Waals surface area (Å²) in [5.41, 5.74) is 3.71. The van der Waals surface area contributed by atoms with E-state index in [2.05, 4.69) is 71.1 Å². The summed E-state index contributed by atoms with van der Waals surface area (Å²) >= 11 is 0. The van der Waals surface area contributed by atoms with E-state index < -0.39 is 0 Å². The highest BCUT2D eigenvalue weighted by Gasteiger charge is 2.35. The summed E-state index contributed by atoms with van der Waals surface area (Å²) in [4.78, 5) is 18.0. The standard InChI is InChI=1S/C33H45N5O2.C2H6/c1-33(14-6-7-15-33)32-34-29-11-10-26(36(2)18-19-37-20-22-40-23-21-37)24-28(29)31(35-32)38-16-12-25(13-17-38)27-8-4-5-9-30(27)39-3;1-2/h4-5,8-11,24-25H,6-7,12-23H2,1-3H3;1-2H3. The van der Waals surface area contributed by atoms with E-state index in [-0.39, 0.29) is 5.41 Å². The number of ether oxygens (including phenoxy) is 2. The third-order valence-corrected chi connectivity index (χ3v) is 9.58. The largest absolute Gasteiger partial charge is 0.496 e. The minimum Gasteiger partial charge on any atom is -0.496 e. The lowest BCUT2D eigenvalue weighted by Gasteiger charge is -2.35. The number of para-hydroxylation sites is 1. The van der Waals surface area contributed by atoms with Gasteiger partial charge < -0.3 is 19.3 Å². The first kappa shape index (κ1) is 30.6. The van der Waals surface area contributed by atoms with Crippen molar-refractivity contribution in [2.45, 2.75) is 70.6 Å². The number of benzene rings is 2. The second-order valence-corrected chi connectivity index (χ2v) is 12.2. The van der Waals surface area contributed by atoms with Gasteiger partial charge in [0, 0.05) is 62.8 Å². The number of likely N-dealkylation sites (N-methyl/N-ethyl adjacent to an activating group) is 1. The molecule has 2 aliphatic heterocycles. The van der Waals surface area contributed by atoms with E-state index in [0.717, 1.165) is 88.2 Å². The number of piperidine rings is 1. The predicted octanol–water partition coefficient (Wildman–Crippen LogP) is 6.65. The summed E-state index contributed by atoms with van der Waals surface area (Å²) in [7, 11) is 3.98. The number of rotatable bonds is 8. The molecule has 3 heterocycles. The Morgan fingerprint density at radius 2 is 1.69 bits per heavy atom. The highest BCUT2D eigenvalue weighted by atomic mass is 16.5. The van der Waals surface area contributed by atoms with Crippen LogP contribution in [0.2, 0.25) is 0 Å². The van der Waals surface area contributed by atoms with Crippen LogP contribution in [0.1, 0.15) is 76.6 Å². The Balaban J connectivity index is 0.00000173. The lowest BCUT2D eigenvalue weighted by atomic mass is 9.87. The van der Waals surface area contributed by atoms with Crippen molar-refractivity contribution >= 4 is 22.4 Å². The fourth-order valence-electron chi connectivity index (χ4n) is 6.88. The molecule has 0 radical (unpaired) electrons. The van der Waals surface area contributed by atoms with Crippen LogP contribution in [0.5, 0.6) is 5.75 Å². The molecular formula is C35H51N5O2. The van der Waals surface area contributed by atoms with Gasteiger partial charge in [-0.25, -0.2) is 9.97 Å². The third-order valence-electron chi connectivity index (χ3n) is 9.58. The predicted molar refractivity (Wildman–Crippen MR) is 174 cm³/mol. The van der Waals surface area contributed by atoms with Crippen LogP contribution in [0, 0.1) is 0 Å². The molecule has 42 heavy (non-hydrogen) atoms. The molecule has 3 aromatic rings. The number of nitrogens with zero attached hydrogens (tertiary/aromatic N) is 5. The van der Waals surface area contributed by atoms with E-state index in [1.54, 1.807) is 7.11 Å².